The summed E-state index contributed by atoms with van der Waals surface area (Å²) in [6, 6.07) is 0.311. The molecule has 0 aromatic carbocycles. The third kappa shape index (κ3) is 2.13. The van der Waals surface area contributed by atoms with Crippen LogP contribution in [-0.2, 0) is 0 Å². The molecule has 0 amide bonds. The van der Waals surface area contributed by atoms with Crippen molar-refractivity contribution < 1.29 is 4.74 Å². The second-order valence-corrected chi connectivity index (χ2v) is 5.22. The fourth-order valence-electron chi connectivity index (χ4n) is 2.00. The van der Waals surface area contributed by atoms with Crippen LogP contribution in [0.4, 0.5) is 0 Å². The van der Waals surface area contributed by atoms with Crippen molar-refractivity contribution in [2.75, 3.05) is 0 Å². The lowest BCUT2D eigenvalue weighted by atomic mass is 10.3. The van der Waals surface area contributed by atoms with Crippen molar-refractivity contribution in [3.63, 3.8) is 0 Å². The molecule has 1 aromatic rings. The van der Waals surface area contributed by atoms with Gasteiger partial charge in [0.05, 0.1) is 0 Å². The second-order valence-electron chi connectivity index (χ2n) is 4.51. The van der Waals surface area contributed by atoms with Gasteiger partial charge < -0.3 is 10.5 Å². The molecule has 2 saturated carbocycles. The number of rotatable bonds is 3. The minimum atomic E-state index is 0.264. The highest BCUT2D eigenvalue weighted by atomic mass is 32.1. The minimum absolute atomic E-state index is 0.264. The Labute approximate surface area is 93.0 Å². The van der Waals surface area contributed by atoms with Gasteiger partial charge >= 0.3 is 0 Å². The smallest absolute Gasteiger partial charge is 0.293 e. The van der Waals surface area contributed by atoms with E-state index in [1.165, 1.54) is 24.4 Å². The zero-order chi connectivity index (χ0) is 10.3. The molecule has 1 aromatic heterocycles. The van der Waals surface area contributed by atoms with Gasteiger partial charge in [-0.05, 0) is 32.1 Å². The minimum Gasteiger partial charge on any atom is -0.466 e. The van der Waals surface area contributed by atoms with Crippen LogP contribution in [0.25, 0.3) is 0 Å². The average molecular weight is 225 g/mol. The Balaban J connectivity index is 1.61. The highest BCUT2D eigenvalue weighted by molar-refractivity contribution is 7.07. The first-order chi connectivity index (χ1) is 7.31. The Morgan fingerprint density at radius 1 is 1.27 bits per heavy atom. The van der Waals surface area contributed by atoms with Gasteiger partial charge in [0.1, 0.15) is 11.9 Å². The molecule has 2 N–H and O–H groups in total. The lowest BCUT2D eigenvalue weighted by Crippen LogP contribution is -2.19. The van der Waals surface area contributed by atoms with Gasteiger partial charge in [-0.2, -0.15) is 9.36 Å². The maximum Gasteiger partial charge on any atom is 0.293 e. The molecule has 82 valence electrons. The third-order valence-corrected chi connectivity index (χ3v) is 3.68. The first kappa shape index (κ1) is 9.54. The third-order valence-electron chi connectivity index (χ3n) is 3.06. The molecule has 2 unspecified atom stereocenters. The van der Waals surface area contributed by atoms with E-state index in [1.807, 2.05) is 0 Å². The summed E-state index contributed by atoms with van der Waals surface area (Å²) in [4.78, 5) is 4.41. The molecule has 0 spiro atoms. The average Bonchev–Trinajstić information content (AvgIpc) is 2.84. The number of aromatic nitrogens is 2. The summed E-state index contributed by atoms with van der Waals surface area (Å²) in [6.45, 7) is 0. The summed E-state index contributed by atoms with van der Waals surface area (Å²) in [5.41, 5.74) is 5.83. The zero-order valence-corrected chi connectivity index (χ0v) is 9.37. The van der Waals surface area contributed by atoms with Crippen LogP contribution in [-0.4, -0.2) is 21.5 Å². The van der Waals surface area contributed by atoms with Crippen molar-refractivity contribution in [2.24, 2.45) is 5.73 Å². The summed E-state index contributed by atoms with van der Waals surface area (Å²) < 4.78 is 10.1. The van der Waals surface area contributed by atoms with Crippen molar-refractivity contribution in [1.82, 2.24) is 9.36 Å². The molecule has 3 rings (SSSR count). The summed E-state index contributed by atoms with van der Waals surface area (Å²) in [6.07, 6.45) is 5.83. The van der Waals surface area contributed by atoms with Crippen LogP contribution in [0.1, 0.15) is 43.8 Å². The number of nitrogens with zero attached hydrogens (tertiary/aromatic N) is 2. The molecular formula is C10H15N3OS. The number of hydrogen-bond acceptors (Lipinski definition) is 5. The molecule has 0 radical (unpaired) electrons. The molecule has 2 aliphatic rings. The summed E-state index contributed by atoms with van der Waals surface area (Å²) >= 11 is 1.38. The van der Waals surface area contributed by atoms with Crippen molar-refractivity contribution in [3.05, 3.63) is 5.82 Å². The van der Waals surface area contributed by atoms with E-state index in [0.717, 1.165) is 30.3 Å². The summed E-state index contributed by atoms with van der Waals surface area (Å²) in [7, 11) is 0. The Kier molecular flexibility index (Phi) is 2.36. The molecule has 2 fully saturated rings. The number of nitrogens with two attached hydrogens (primary N) is 1. The molecule has 0 saturated heterocycles. The second kappa shape index (κ2) is 3.72. The maximum absolute atomic E-state index is 5.83. The largest absolute Gasteiger partial charge is 0.466 e. The van der Waals surface area contributed by atoms with Gasteiger partial charge in [-0.25, -0.2) is 0 Å². The van der Waals surface area contributed by atoms with E-state index in [9.17, 15) is 0 Å². The lowest BCUT2D eigenvalue weighted by Gasteiger charge is -2.08. The normalized spacial score (nSPS) is 30.7. The molecule has 4 nitrogen and oxygen atoms in total. The van der Waals surface area contributed by atoms with Gasteiger partial charge in [0, 0.05) is 23.5 Å². The van der Waals surface area contributed by atoms with Crippen LogP contribution in [0.5, 0.6) is 5.19 Å². The van der Waals surface area contributed by atoms with Crippen LogP contribution in [0.2, 0.25) is 0 Å². The maximum atomic E-state index is 5.83. The van der Waals surface area contributed by atoms with Gasteiger partial charge in [0.25, 0.3) is 5.19 Å². The van der Waals surface area contributed by atoms with Gasteiger partial charge in [0.2, 0.25) is 0 Å². The fraction of sp³-hybridized carbons (Fsp3) is 0.800. The first-order valence-electron chi connectivity index (χ1n) is 5.57. The van der Waals surface area contributed by atoms with Crippen molar-refractivity contribution in [3.8, 4) is 5.19 Å². The molecule has 15 heavy (non-hydrogen) atoms. The highest BCUT2D eigenvalue weighted by Crippen LogP contribution is 2.39. The van der Waals surface area contributed by atoms with Gasteiger partial charge in [-0.3, -0.25) is 0 Å². The first-order valence-corrected chi connectivity index (χ1v) is 6.34. The van der Waals surface area contributed by atoms with E-state index in [-0.39, 0.29) is 6.10 Å². The topological polar surface area (TPSA) is 61.0 Å². The van der Waals surface area contributed by atoms with Crippen molar-refractivity contribution in [2.45, 2.75) is 50.2 Å². The number of hydrogen-bond donors (Lipinski definition) is 1. The van der Waals surface area contributed by atoms with Gasteiger partial charge in [0.15, 0.2) is 0 Å². The van der Waals surface area contributed by atoms with Crippen LogP contribution in [0, 0.1) is 0 Å². The molecule has 1 heterocycles. The summed E-state index contributed by atoms with van der Waals surface area (Å²) in [5.74, 6) is 1.60. The van der Waals surface area contributed by atoms with Crippen molar-refractivity contribution in [1.29, 1.82) is 0 Å². The molecule has 2 atom stereocenters. The predicted molar refractivity (Wildman–Crippen MR) is 58.1 cm³/mol. The summed E-state index contributed by atoms with van der Waals surface area (Å²) in [5, 5.41) is 0.732. The Bertz CT molecular complexity index is 350. The van der Waals surface area contributed by atoms with Gasteiger partial charge in [-0.1, -0.05) is 0 Å². The van der Waals surface area contributed by atoms with E-state index < -0.39 is 0 Å². The molecular weight excluding hydrogens is 210 g/mol. The van der Waals surface area contributed by atoms with E-state index in [2.05, 4.69) is 9.36 Å². The standard InChI is InChI=1S/C10H15N3OS/c11-7-3-4-8(5-7)14-10-12-9(13-15-10)6-1-2-6/h6-8H,1-5,11H2. The van der Waals surface area contributed by atoms with Crippen LogP contribution >= 0.6 is 11.5 Å². The van der Waals surface area contributed by atoms with E-state index in [4.69, 9.17) is 10.5 Å². The van der Waals surface area contributed by atoms with E-state index in [1.54, 1.807) is 0 Å². The Hall–Kier alpha value is -0.680. The van der Waals surface area contributed by atoms with Crippen LogP contribution in [0.15, 0.2) is 0 Å². The fourth-order valence-corrected chi connectivity index (χ4v) is 2.67. The Morgan fingerprint density at radius 2 is 2.13 bits per heavy atom. The zero-order valence-electron chi connectivity index (χ0n) is 8.56. The molecule has 2 aliphatic carbocycles. The molecule has 0 aliphatic heterocycles. The lowest BCUT2D eigenvalue weighted by molar-refractivity contribution is 0.207. The van der Waals surface area contributed by atoms with E-state index >= 15 is 0 Å². The van der Waals surface area contributed by atoms with Crippen LogP contribution in [0.3, 0.4) is 0 Å². The van der Waals surface area contributed by atoms with E-state index in [0.29, 0.717) is 12.0 Å². The number of ether oxygens (including phenoxy) is 1. The Morgan fingerprint density at radius 3 is 2.80 bits per heavy atom. The molecule has 0 bridgehead atoms. The predicted octanol–water partition coefficient (Wildman–Crippen LogP) is 1.67. The molecule has 5 heteroatoms. The highest BCUT2D eigenvalue weighted by Gasteiger charge is 2.29. The monoisotopic (exact) mass is 225 g/mol. The van der Waals surface area contributed by atoms with Crippen molar-refractivity contribution >= 4 is 11.5 Å². The van der Waals surface area contributed by atoms with Gasteiger partial charge in [-0.15, -0.1) is 0 Å². The quantitative estimate of drug-likeness (QED) is 0.850. The van der Waals surface area contributed by atoms with Crippen LogP contribution < -0.4 is 10.5 Å². The SMILES string of the molecule is NC1CCC(Oc2nc(C3CC3)ns2)C1.